The Kier molecular flexibility index (Phi) is 4.76. The van der Waals surface area contributed by atoms with Crippen LogP contribution >= 0.6 is 11.6 Å². The van der Waals surface area contributed by atoms with Crippen LogP contribution in [0.5, 0.6) is 0 Å². The number of benzene rings is 1. The van der Waals surface area contributed by atoms with Gasteiger partial charge in [0.25, 0.3) is 0 Å². The normalized spacial score (nSPS) is 30.7. The van der Waals surface area contributed by atoms with Crippen LogP contribution in [0, 0.1) is 23.7 Å². The fourth-order valence-corrected chi connectivity index (χ4v) is 4.90. The summed E-state index contributed by atoms with van der Waals surface area (Å²) in [6.45, 7) is 3.63. The first kappa shape index (κ1) is 17.6. The molecule has 1 N–H and O–H groups in total. The minimum atomic E-state index is -0.836. The molecule has 1 saturated heterocycles. The molecule has 4 atom stereocenters. The fourth-order valence-electron chi connectivity index (χ4n) is 4.70. The summed E-state index contributed by atoms with van der Waals surface area (Å²) >= 11 is 6.24. The predicted octanol–water partition coefficient (Wildman–Crippen LogP) is 2.51. The Bertz CT molecular complexity index is 742. The van der Waals surface area contributed by atoms with Crippen molar-refractivity contribution in [1.29, 1.82) is 0 Å². The molecule has 0 unspecified atom stereocenters. The van der Waals surface area contributed by atoms with Crippen LogP contribution in [0.25, 0.3) is 0 Å². The molecule has 2 aliphatic carbocycles. The van der Waals surface area contributed by atoms with Crippen LogP contribution in [-0.4, -0.2) is 53.0 Å². The van der Waals surface area contributed by atoms with Crippen LogP contribution < -0.4 is 0 Å². The Hall–Kier alpha value is -1.85. The Morgan fingerprint density at radius 2 is 1.69 bits per heavy atom. The molecule has 4 rings (SSSR count). The summed E-state index contributed by atoms with van der Waals surface area (Å²) in [5, 5.41) is 10.3. The average molecular weight is 375 g/mol. The monoisotopic (exact) mass is 374 g/mol. The summed E-state index contributed by atoms with van der Waals surface area (Å²) in [6, 6.07) is 7.82. The van der Waals surface area contributed by atoms with E-state index in [1.807, 2.05) is 41.3 Å². The number of carbonyl (C=O) groups is 2. The van der Waals surface area contributed by atoms with E-state index in [-0.39, 0.29) is 17.7 Å². The van der Waals surface area contributed by atoms with Crippen molar-refractivity contribution in [2.75, 3.05) is 26.2 Å². The molecule has 1 amide bonds. The number of halogens is 1. The summed E-state index contributed by atoms with van der Waals surface area (Å²) in [5.41, 5.74) is 1.10. The standard InChI is InChI=1S/C20H23ClN2O3/c21-16-4-2-1-3-15(16)12-22-7-9-23(10-8-22)19(24)17-13-5-6-14(11-13)18(17)20(25)26/h1-6,13-14,17-18H,7-12H2,(H,25,26)/t13-,14-,17+,18-/m0/s1. The number of piperazine rings is 1. The van der Waals surface area contributed by atoms with Crippen molar-refractivity contribution in [3.05, 3.63) is 47.0 Å². The summed E-state index contributed by atoms with van der Waals surface area (Å²) in [4.78, 5) is 28.8. The minimum absolute atomic E-state index is 0.0200. The first-order valence-electron chi connectivity index (χ1n) is 9.20. The molecular formula is C20H23ClN2O3. The van der Waals surface area contributed by atoms with Crippen molar-refractivity contribution in [1.82, 2.24) is 9.80 Å². The molecule has 0 spiro atoms. The zero-order valence-electron chi connectivity index (χ0n) is 14.6. The number of allylic oxidation sites excluding steroid dienone is 2. The second-order valence-corrected chi connectivity index (χ2v) is 7.94. The highest BCUT2D eigenvalue weighted by Gasteiger charge is 2.52. The van der Waals surface area contributed by atoms with Crippen molar-refractivity contribution in [3.63, 3.8) is 0 Å². The molecule has 1 aromatic carbocycles. The molecule has 1 heterocycles. The van der Waals surface area contributed by atoms with E-state index >= 15 is 0 Å². The fraction of sp³-hybridized carbons (Fsp3) is 0.500. The Balaban J connectivity index is 1.37. The highest BCUT2D eigenvalue weighted by Crippen LogP contribution is 2.48. The topological polar surface area (TPSA) is 60.9 Å². The van der Waals surface area contributed by atoms with Crippen molar-refractivity contribution in [2.45, 2.75) is 13.0 Å². The lowest BCUT2D eigenvalue weighted by Crippen LogP contribution is -2.52. The lowest BCUT2D eigenvalue weighted by molar-refractivity contribution is -0.151. The lowest BCUT2D eigenvalue weighted by Gasteiger charge is -2.37. The minimum Gasteiger partial charge on any atom is -0.481 e. The van der Waals surface area contributed by atoms with Crippen molar-refractivity contribution >= 4 is 23.5 Å². The molecule has 0 aromatic heterocycles. The quantitative estimate of drug-likeness (QED) is 0.822. The molecule has 1 saturated carbocycles. The molecule has 2 bridgehead atoms. The lowest BCUT2D eigenvalue weighted by atomic mass is 9.82. The Morgan fingerprint density at radius 1 is 1.04 bits per heavy atom. The number of hydrogen-bond acceptors (Lipinski definition) is 3. The van der Waals surface area contributed by atoms with Gasteiger partial charge in [-0.3, -0.25) is 14.5 Å². The molecular weight excluding hydrogens is 352 g/mol. The van der Waals surface area contributed by atoms with Crippen LogP contribution in [0.3, 0.4) is 0 Å². The summed E-state index contributed by atoms with van der Waals surface area (Å²) in [5.74, 6) is -1.65. The summed E-state index contributed by atoms with van der Waals surface area (Å²) in [6.07, 6.45) is 4.83. The van der Waals surface area contributed by atoms with E-state index in [2.05, 4.69) is 4.90 Å². The van der Waals surface area contributed by atoms with Gasteiger partial charge in [-0.15, -0.1) is 0 Å². The first-order chi connectivity index (χ1) is 12.5. The maximum atomic E-state index is 13.0. The van der Waals surface area contributed by atoms with Crippen molar-refractivity contribution in [2.24, 2.45) is 23.7 Å². The largest absolute Gasteiger partial charge is 0.481 e. The third kappa shape index (κ3) is 3.14. The van der Waals surface area contributed by atoms with E-state index < -0.39 is 17.8 Å². The highest BCUT2D eigenvalue weighted by atomic mass is 35.5. The molecule has 0 radical (unpaired) electrons. The number of fused-ring (bicyclic) bond motifs is 2. The van der Waals surface area contributed by atoms with Gasteiger partial charge in [0, 0.05) is 37.7 Å². The average Bonchev–Trinajstić information content (AvgIpc) is 3.25. The van der Waals surface area contributed by atoms with Gasteiger partial charge in [0.1, 0.15) is 0 Å². The maximum absolute atomic E-state index is 13.0. The van der Waals surface area contributed by atoms with Gasteiger partial charge in [-0.25, -0.2) is 0 Å². The van der Waals surface area contributed by atoms with E-state index in [1.54, 1.807) is 0 Å². The van der Waals surface area contributed by atoms with Crippen LogP contribution in [0.4, 0.5) is 0 Å². The van der Waals surface area contributed by atoms with Crippen LogP contribution in [0.1, 0.15) is 12.0 Å². The van der Waals surface area contributed by atoms with E-state index in [0.29, 0.717) is 13.1 Å². The van der Waals surface area contributed by atoms with Gasteiger partial charge in [-0.2, -0.15) is 0 Å². The van der Waals surface area contributed by atoms with Gasteiger partial charge >= 0.3 is 5.97 Å². The molecule has 5 nitrogen and oxygen atoms in total. The number of rotatable bonds is 4. The summed E-state index contributed by atoms with van der Waals surface area (Å²) in [7, 11) is 0. The number of carboxylic acid groups (broad SMARTS) is 1. The van der Waals surface area contributed by atoms with Gasteiger partial charge in [-0.1, -0.05) is 42.0 Å². The van der Waals surface area contributed by atoms with Gasteiger partial charge in [-0.05, 0) is 29.9 Å². The molecule has 26 heavy (non-hydrogen) atoms. The second-order valence-electron chi connectivity index (χ2n) is 7.53. The third-order valence-electron chi connectivity index (χ3n) is 6.07. The van der Waals surface area contributed by atoms with E-state index in [9.17, 15) is 14.7 Å². The molecule has 1 aliphatic heterocycles. The first-order valence-corrected chi connectivity index (χ1v) is 9.58. The zero-order valence-corrected chi connectivity index (χ0v) is 15.3. The van der Waals surface area contributed by atoms with E-state index in [1.165, 1.54) is 0 Å². The summed E-state index contributed by atoms with van der Waals surface area (Å²) < 4.78 is 0. The molecule has 1 aromatic rings. The Morgan fingerprint density at radius 3 is 2.35 bits per heavy atom. The third-order valence-corrected chi connectivity index (χ3v) is 6.43. The van der Waals surface area contributed by atoms with E-state index in [0.717, 1.165) is 36.6 Å². The maximum Gasteiger partial charge on any atom is 0.307 e. The highest BCUT2D eigenvalue weighted by molar-refractivity contribution is 6.31. The SMILES string of the molecule is O=C(O)[C@@H]1[C@H](C(=O)N2CCN(Cc3ccccc3Cl)CC2)[C@H]2C=C[C@H]1C2. The van der Waals surface area contributed by atoms with Crippen molar-refractivity contribution in [3.8, 4) is 0 Å². The predicted molar refractivity (Wildman–Crippen MR) is 98.7 cm³/mol. The molecule has 138 valence electrons. The van der Waals surface area contributed by atoms with Gasteiger partial charge in [0.2, 0.25) is 5.91 Å². The number of amides is 1. The second kappa shape index (κ2) is 7.05. The smallest absolute Gasteiger partial charge is 0.307 e. The van der Waals surface area contributed by atoms with Crippen LogP contribution in [0.2, 0.25) is 5.02 Å². The Labute approximate surface area is 158 Å². The number of carbonyl (C=O) groups excluding carboxylic acids is 1. The van der Waals surface area contributed by atoms with Gasteiger partial charge in [0.05, 0.1) is 11.8 Å². The van der Waals surface area contributed by atoms with Crippen molar-refractivity contribution < 1.29 is 14.7 Å². The number of carboxylic acids is 1. The number of nitrogens with zero attached hydrogens (tertiary/aromatic N) is 2. The molecule has 6 heteroatoms. The molecule has 3 aliphatic rings. The van der Waals surface area contributed by atoms with Gasteiger partial charge < -0.3 is 10.0 Å². The van der Waals surface area contributed by atoms with Gasteiger partial charge in [0.15, 0.2) is 0 Å². The van der Waals surface area contributed by atoms with Crippen LogP contribution in [-0.2, 0) is 16.1 Å². The van der Waals surface area contributed by atoms with E-state index in [4.69, 9.17) is 11.6 Å². The van der Waals surface area contributed by atoms with Crippen LogP contribution in [0.15, 0.2) is 36.4 Å². The zero-order chi connectivity index (χ0) is 18.3. The number of hydrogen-bond donors (Lipinski definition) is 1. The molecule has 2 fully saturated rings. The number of aliphatic carboxylic acids is 1.